The maximum atomic E-state index is 10.9. The van der Waals surface area contributed by atoms with Gasteiger partial charge in [0.25, 0.3) is 0 Å². The van der Waals surface area contributed by atoms with Gasteiger partial charge in [0, 0.05) is 6.54 Å². The number of amides is 2. The third-order valence-electron chi connectivity index (χ3n) is 1.57. The zero-order chi connectivity index (χ0) is 10.8. The highest BCUT2D eigenvalue weighted by Crippen LogP contribution is 1.90. The second kappa shape index (κ2) is 8.31. The predicted octanol–water partition coefficient (Wildman–Crippen LogP) is -0.501. The number of rotatable bonds is 7. The molecule has 0 atom stereocenters. The lowest BCUT2D eigenvalue weighted by molar-refractivity contribution is -0.135. The van der Waals surface area contributed by atoms with Crippen molar-refractivity contribution < 1.29 is 14.7 Å². The molecule has 0 rings (SSSR count). The quantitative estimate of drug-likeness (QED) is 0.418. The van der Waals surface area contributed by atoms with Gasteiger partial charge >= 0.3 is 12.0 Å². The van der Waals surface area contributed by atoms with Crippen LogP contribution in [0.25, 0.3) is 0 Å². The highest BCUT2D eigenvalue weighted by atomic mass is 16.4. The molecule has 0 saturated carbocycles. The van der Waals surface area contributed by atoms with Crippen molar-refractivity contribution in [2.45, 2.75) is 19.3 Å². The largest absolute Gasteiger partial charge is 0.480 e. The molecule has 0 aromatic carbocycles. The van der Waals surface area contributed by atoms with Crippen molar-refractivity contribution in [3.05, 3.63) is 0 Å². The minimum absolute atomic E-state index is 0.353. The first kappa shape index (κ1) is 12.7. The normalized spacial score (nSPS) is 9.50. The first-order valence-corrected chi connectivity index (χ1v) is 4.60. The highest BCUT2D eigenvalue weighted by Gasteiger charge is 2.01. The molecule has 0 radical (unpaired) electrons. The summed E-state index contributed by atoms with van der Waals surface area (Å²) < 4.78 is 0. The second-order valence-electron chi connectivity index (χ2n) is 2.85. The van der Waals surface area contributed by atoms with Crippen molar-refractivity contribution in [1.82, 2.24) is 10.6 Å². The lowest BCUT2D eigenvalue weighted by Gasteiger charge is -2.04. The standard InChI is InChI=1S/C8H17N3O3/c9-4-2-1-3-5-10-8(14)11-6-7(12)13/h1-6,9H2,(H,12,13)(H2,10,11,14). The summed E-state index contributed by atoms with van der Waals surface area (Å²) in [6.07, 6.45) is 2.77. The van der Waals surface area contributed by atoms with E-state index < -0.39 is 12.0 Å². The molecule has 6 nitrogen and oxygen atoms in total. The molecule has 0 spiro atoms. The van der Waals surface area contributed by atoms with Gasteiger partial charge in [-0.3, -0.25) is 4.79 Å². The summed E-state index contributed by atoms with van der Waals surface area (Å²) >= 11 is 0. The summed E-state index contributed by atoms with van der Waals surface area (Å²) in [6, 6.07) is -0.444. The van der Waals surface area contributed by atoms with Crippen LogP contribution in [0.1, 0.15) is 19.3 Å². The zero-order valence-corrected chi connectivity index (χ0v) is 8.08. The number of hydrogen-bond donors (Lipinski definition) is 4. The Morgan fingerprint density at radius 1 is 1.14 bits per heavy atom. The summed E-state index contributed by atoms with van der Waals surface area (Å²) in [5, 5.41) is 13.0. The fraction of sp³-hybridized carbons (Fsp3) is 0.750. The van der Waals surface area contributed by atoms with E-state index in [9.17, 15) is 9.59 Å². The molecule has 0 fully saturated rings. The summed E-state index contributed by atoms with van der Waals surface area (Å²) in [5.74, 6) is -1.05. The van der Waals surface area contributed by atoms with Gasteiger partial charge in [0.2, 0.25) is 0 Å². The predicted molar refractivity (Wildman–Crippen MR) is 51.9 cm³/mol. The molecule has 0 bridgehead atoms. The number of carboxylic acid groups (broad SMARTS) is 1. The number of carbonyl (C=O) groups is 2. The van der Waals surface area contributed by atoms with E-state index in [0.29, 0.717) is 13.1 Å². The van der Waals surface area contributed by atoms with Crippen LogP contribution in [0.2, 0.25) is 0 Å². The molecule has 0 unspecified atom stereocenters. The Bertz CT molecular complexity index is 185. The van der Waals surface area contributed by atoms with Crippen LogP contribution in [-0.4, -0.2) is 36.7 Å². The first-order valence-electron chi connectivity index (χ1n) is 4.60. The number of nitrogens with one attached hydrogen (secondary N) is 2. The average molecular weight is 203 g/mol. The van der Waals surface area contributed by atoms with E-state index in [1.165, 1.54) is 0 Å². The van der Waals surface area contributed by atoms with Gasteiger partial charge in [0.15, 0.2) is 0 Å². The number of nitrogens with two attached hydrogens (primary N) is 1. The second-order valence-corrected chi connectivity index (χ2v) is 2.85. The van der Waals surface area contributed by atoms with Crippen molar-refractivity contribution in [3.63, 3.8) is 0 Å². The third-order valence-corrected chi connectivity index (χ3v) is 1.57. The van der Waals surface area contributed by atoms with Gasteiger partial charge in [0.1, 0.15) is 6.54 Å². The number of aliphatic carboxylic acids is 1. The monoisotopic (exact) mass is 203 g/mol. The van der Waals surface area contributed by atoms with Crippen LogP contribution in [0.5, 0.6) is 0 Å². The molecule has 0 aliphatic heterocycles. The lowest BCUT2D eigenvalue weighted by Crippen LogP contribution is -2.38. The van der Waals surface area contributed by atoms with E-state index in [-0.39, 0.29) is 6.54 Å². The molecule has 0 aliphatic rings. The minimum atomic E-state index is -1.05. The highest BCUT2D eigenvalue weighted by molar-refractivity contribution is 5.79. The molecular weight excluding hydrogens is 186 g/mol. The lowest BCUT2D eigenvalue weighted by atomic mass is 10.2. The molecule has 14 heavy (non-hydrogen) atoms. The Labute approximate surface area is 82.9 Å². The van der Waals surface area contributed by atoms with Crippen LogP contribution in [-0.2, 0) is 4.79 Å². The van der Waals surface area contributed by atoms with Crippen LogP contribution in [0.4, 0.5) is 4.79 Å². The van der Waals surface area contributed by atoms with E-state index in [0.717, 1.165) is 19.3 Å². The molecule has 0 saturated heterocycles. The molecule has 0 aliphatic carbocycles. The smallest absolute Gasteiger partial charge is 0.323 e. The third kappa shape index (κ3) is 8.79. The molecule has 0 aromatic rings. The molecular formula is C8H17N3O3. The number of hydrogen-bond acceptors (Lipinski definition) is 3. The van der Waals surface area contributed by atoms with Crippen molar-refractivity contribution in [2.24, 2.45) is 5.73 Å². The van der Waals surface area contributed by atoms with E-state index >= 15 is 0 Å². The maximum Gasteiger partial charge on any atom is 0.323 e. The number of unbranched alkanes of at least 4 members (excludes halogenated alkanes) is 2. The fourth-order valence-corrected chi connectivity index (χ4v) is 0.866. The molecule has 82 valence electrons. The van der Waals surface area contributed by atoms with Gasteiger partial charge < -0.3 is 21.5 Å². The molecule has 2 amide bonds. The Morgan fingerprint density at radius 3 is 2.43 bits per heavy atom. The molecule has 0 aromatic heterocycles. The van der Waals surface area contributed by atoms with Crippen molar-refractivity contribution in [2.75, 3.05) is 19.6 Å². The summed E-state index contributed by atoms with van der Waals surface area (Å²) in [6.45, 7) is 0.852. The molecule has 6 heteroatoms. The number of urea groups is 1. The first-order chi connectivity index (χ1) is 6.66. The topological polar surface area (TPSA) is 104 Å². The summed E-state index contributed by atoms with van der Waals surface area (Å²) in [4.78, 5) is 20.9. The number of carboxylic acids is 1. The van der Waals surface area contributed by atoms with E-state index in [2.05, 4.69) is 10.6 Å². The van der Waals surface area contributed by atoms with Gasteiger partial charge in [0.05, 0.1) is 0 Å². The van der Waals surface area contributed by atoms with Crippen LogP contribution < -0.4 is 16.4 Å². The maximum absolute atomic E-state index is 10.9. The van der Waals surface area contributed by atoms with Crippen molar-refractivity contribution >= 4 is 12.0 Å². The van der Waals surface area contributed by atoms with Crippen LogP contribution in [0, 0.1) is 0 Å². The van der Waals surface area contributed by atoms with Crippen molar-refractivity contribution in [3.8, 4) is 0 Å². The zero-order valence-electron chi connectivity index (χ0n) is 8.08. The van der Waals surface area contributed by atoms with Gasteiger partial charge in [-0.05, 0) is 19.4 Å². The van der Waals surface area contributed by atoms with Crippen LogP contribution in [0.3, 0.4) is 0 Å². The van der Waals surface area contributed by atoms with Gasteiger partial charge in [-0.25, -0.2) is 4.79 Å². The minimum Gasteiger partial charge on any atom is -0.480 e. The summed E-state index contributed by atoms with van der Waals surface area (Å²) in [5.41, 5.74) is 5.29. The van der Waals surface area contributed by atoms with E-state index in [1.54, 1.807) is 0 Å². The van der Waals surface area contributed by atoms with Crippen LogP contribution >= 0.6 is 0 Å². The summed E-state index contributed by atoms with van der Waals surface area (Å²) in [7, 11) is 0. The molecule has 0 heterocycles. The van der Waals surface area contributed by atoms with Crippen molar-refractivity contribution in [1.29, 1.82) is 0 Å². The SMILES string of the molecule is NCCCCCNC(=O)NCC(=O)O. The van der Waals surface area contributed by atoms with E-state index in [4.69, 9.17) is 10.8 Å². The Hall–Kier alpha value is -1.30. The Kier molecular flexibility index (Phi) is 7.53. The fourth-order valence-electron chi connectivity index (χ4n) is 0.866. The Balaban J connectivity index is 3.22. The molecule has 5 N–H and O–H groups in total. The van der Waals surface area contributed by atoms with Gasteiger partial charge in [-0.1, -0.05) is 6.42 Å². The number of carbonyl (C=O) groups excluding carboxylic acids is 1. The van der Waals surface area contributed by atoms with Gasteiger partial charge in [-0.15, -0.1) is 0 Å². The van der Waals surface area contributed by atoms with Crippen LogP contribution in [0.15, 0.2) is 0 Å². The van der Waals surface area contributed by atoms with E-state index in [1.807, 2.05) is 0 Å². The average Bonchev–Trinajstić information content (AvgIpc) is 2.14. The Morgan fingerprint density at radius 2 is 1.86 bits per heavy atom. The van der Waals surface area contributed by atoms with Gasteiger partial charge in [-0.2, -0.15) is 0 Å².